The number of benzene rings is 1. The molecular weight excluding hydrogens is 114 g/mol. The molecule has 1 rings (SSSR count). The Bertz CT molecular complexity index is 109. The quantitative estimate of drug-likeness (QED) is 0.534. The molecule has 9 heavy (non-hydrogen) atoms. The lowest BCUT2D eigenvalue weighted by Crippen LogP contribution is -1.47. The van der Waals surface area contributed by atoms with Crippen LogP contribution in [0.1, 0.15) is 0 Å². The van der Waals surface area contributed by atoms with Crippen LogP contribution in [0.15, 0.2) is 36.4 Å². The Morgan fingerprint density at radius 3 is 0.778 bits per heavy atom. The monoisotopic (exact) mass is 123 g/mol. The largest absolute Gasteiger partial charge is 0.344 e. The lowest BCUT2D eigenvalue weighted by molar-refractivity contribution is 1.15. The topological polar surface area (TPSA) is 82.6 Å². The number of rotatable bonds is 0. The summed E-state index contributed by atoms with van der Waals surface area (Å²) in [7, 11) is 0. The molecule has 0 amide bonds. The summed E-state index contributed by atoms with van der Waals surface area (Å²) in [5.74, 6) is 0. The van der Waals surface area contributed by atoms with Crippen molar-refractivity contribution >= 4 is 0 Å². The molecule has 3 N–H and O–H groups in total. The van der Waals surface area contributed by atoms with E-state index in [1.54, 1.807) is 0 Å². The molecule has 0 atom stereocenters. The Hall–Kier alpha value is -1.40. The fourth-order valence-corrected chi connectivity index (χ4v) is 0.385. The molecule has 48 valence electrons. The van der Waals surface area contributed by atoms with Gasteiger partial charge in [-0.25, -0.2) is 0 Å². The van der Waals surface area contributed by atoms with Crippen LogP contribution in [0, 0.1) is 10.8 Å². The van der Waals surface area contributed by atoms with Crippen LogP contribution in [0.5, 0.6) is 0 Å². The minimum Gasteiger partial charge on any atom is -0.344 e. The third-order valence-corrected chi connectivity index (χ3v) is 0.667. The molecule has 1 aromatic carbocycles. The highest BCUT2D eigenvalue weighted by Gasteiger charge is 1.57. The summed E-state index contributed by atoms with van der Waals surface area (Å²) in [6, 6.07) is 12.0. The van der Waals surface area contributed by atoms with Crippen LogP contribution in [0.4, 0.5) is 0 Å². The highest BCUT2D eigenvalue weighted by Crippen LogP contribution is 1.79. The number of hydrogen-bond acceptors (Lipinski definition) is 3. The van der Waals surface area contributed by atoms with Crippen molar-refractivity contribution in [3.63, 3.8) is 0 Å². The van der Waals surface area contributed by atoms with Gasteiger partial charge in [-0.2, -0.15) is 0 Å². The van der Waals surface area contributed by atoms with Gasteiger partial charge >= 0.3 is 0 Å². The van der Waals surface area contributed by atoms with Crippen LogP contribution in [0.3, 0.4) is 0 Å². The summed E-state index contributed by atoms with van der Waals surface area (Å²) in [6.07, 6.45) is 0. The van der Waals surface area contributed by atoms with E-state index in [0.717, 1.165) is 0 Å². The van der Waals surface area contributed by atoms with Crippen molar-refractivity contribution in [1.82, 2.24) is 6.15 Å². The van der Waals surface area contributed by atoms with Gasteiger partial charge in [0, 0.05) is 10.8 Å². The molecule has 0 saturated heterocycles. The van der Waals surface area contributed by atoms with Gasteiger partial charge in [0.1, 0.15) is 0 Å². The van der Waals surface area contributed by atoms with Gasteiger partial charge in [-0.05, 0) is 0 Å². The normalized spacial score (nSPS) is 5.56. The van der Waals surface area contributed by atoms with Crippen LogP contribution < -0.4 is 6.15 Å². The summed E-state index contributed by atoms with van der Waals surface area (Å²) in [6.45, 7) is 0. The first-order valence-corrected chi connectivity index (χ1v) is 2.20. The minimum absolute atomic E-state index is 0. The molecule has 1 aromatic rings. The smallest absolute Gasteiger partial charge is 0 e. The maximum Gasteiger partial charge on any atom is 0 e. The Balaban J connectivity index is 0. The van der Waals surface area contributed by atoms with Gasteiger partial charge in [0.05, 0.1) is 0 Å². The Morgan fingerprint density at radius 1 is 0.556 bits per heavy atom. The Labute approximate surface area is 54.3 Å². The maximum absolute atomic E-state index is 6.00. The van der Waals surface area contributed by atoms with E-state index < -0.39 is 0 Å². The molecular formula is C6H9N3. The Morgan fingerprint density at radius 2 is 0.667 bits per heavy atom. The first-order chi connectivity index (χ1) is 4.00. The van der Waals surface area contributed by atoms with Crippen LogP contribution in [0.2, 0.25) is 0 Å². The molecule has 0 aliphatic carbocycles. The SMILES string of the molecule is N.N#N.c1ccccc1. The summed E-state index contributed by atoms with van der Waals surface area (Å²) in [5, 5.41) is 12.0. The van der Waals surface area contributed by atoms with E-state index >= 15 is 0 Å². The van der Waals surface area contributed by atoms with E-state index in [1.807, 2.05) is 36.4 Å². The molecule has 3 nitrogen and oxygen atoms in total. The summed E-state index contributed by atoms with van der Waals surface area (Å²) < 4.78 is 0. The predicted molar refractivity (Wildman–Crippen MR) is 34.9 cm³/mol. The molecule has 0 aliphatic rings. The first-order valence-electron chi connectivity index (χ1n) is 2.20. The number of hydrogen-bond donors (Lipinski definition) is 1. The predicted octanol–water partition coefficient (Wildman–Crippen LogP) is 1.88. The van der Waals surface area contributed by atoms with Crippen molar-refractivity contribution < 1.29 is 0 Å². The molecule has 3 heteroatoms. The highest BCUT2D eigenvalue weighted by molar-refractivity contribution is 4.99. The number of nitrogens with zero attached hydrogens (tertiary/aromatic N) is 2. The summed E-state index contributed by atoms with van der Waals surface area (Å²) in [4.78, 5) is 0. The van der Waals surface area contributed by atoms with Gasteiger partial charge in [0.2, 0.25) is 0 Å². The second-order valence-corrected chi connectivity index (χ2v) is 1.15. The van der Waals surface area contributed by atoms with Crippen molar-refractivity contribution in [2.24, 2.45) is 0 Å². The third-order valence-electron chi connectivity index (χ3n) is 0.667. The van der Waals surface area contributed by atoms with E-state index in [9.17, 15) is 0 Å². The molecule has 0 aliphatic heterocycles. The lowest BCUT2D eigenvalue weighted by atomic mass is 10.4. The molecule has 0 aromatic heterocycles. The van der Waals surface area contributed by atoms with Gasteiger partial charge in [-0.3, -0.25) is 0 Å². The second kappa shape index (κ2) is 9.78. The second-order valence-electron chi connectivity index (χ2n) is 1.15. The molecule has 0 saturated carbocycles. The van der Waals surface area contributed by atoms with E-state index in [0.29, 0.717) is 0 Å². The molecule has 0 fully saturated rings. The van der Waals surface area contributed by atoms with E-state index in [-0.39, 0.29) is 6.15 Å². The molecule has 0 unspecified atom stereocenters. The summed E-state index contributed by atoms with van der Waals surface area (Å²) >= 11 is 0. The minimum atomic E-state index is 0. The van der Waals surface area contributed by atoms with Crippen LogP contribution in [-0.4, -0.2) is 0 Å². The highest BCUT2D eigenvalue weighted by atomic mass is 14.6. The van der Waals surface area contributed by atoms with Crippen molar-refractivity contribution in [2.45, 2.75) is 0 Å². The summed E-state index contributed by atoms with van der Waals surface area (Å²) in [5.41, 5.74) is 0. The third kappa shape index (κ3) is 6.60. The standard InChI is InChI=1S/C6H6.N2.H3N/c1-2-4-6-5-3-1;1-2;/h1-6H;;1H3. The zero-order chi connectivity index (χ0) is 6.24. The van der Waals surface area contributed by atoms with E-state index in [2.05, 4.69) is 0 Å². The van der Waals surface area contributed by atoms with Crippen molar-refractivity contribution in [2.75, 3.05) is 0 Å². The maximum atomic E-state index is 6.00. The van der Waals surface area contributed by atoms with Crippen LogP contribution >= 0.6 is 0 Å². The van der Waals surface area contributed by atoms with Gasteiger partial charge in [-0.15, -0.1) is 0 Å². The zero-order valence-corrected chi connectivity index (χ0v) is 5.07. The zero-order valence-electron chi connectivity index (χ0n) is 5.07. The average molecular weight is 123 g/mol. The average Bonchev–Trinajstić information content (AvgIpc) is 1.96. The van der Waals surface area contributed by atoms with E-state index in [4.69, 9.17) is 10.8 Å². The van der Waals surface area contributed by atoms with Crippen LogP contribution in [-0.2, 0) is 0 Å². The fourth-order valence-electron chi connectivity index (χ4n) is 0.385. The molecule has 0 spiro atoms. The van der Waals surface area contributed by atoms with Gasteiger partial charge < -0.3 is 6.15 Å². The van der Waals surface area contributed by atoms with Crippen molar-refractivity contribution in [1.29, 1.82) is 10.8 Å². The van der Waals surface area contributed by atoms with Crippen molar-refractivity contribution in [3.05, 3.63) is 36.4 Å². The lowest BCUT2D eigenvalue weighted by Gasteiger charge is -1.69. The first kappa shape index (κ1) is 10.6. The van der Waals surface area contributed by atoms with Crippen molar-refractivity contribution in [3.8, 4) is 0 Å². The molecule has 0 radical (unpaired) electrons. The van der Waals surface area contributed by atoms with Gasteiger partial charge in [-0.1, -0.05) is 36.4 Å². The van der Waals surface area contributed by atoms with Gasteiger partial charge in [0.15, 0.2) is 0 Å². The molecule has 0 heterocycles. The Kier molecular flexibility index (Phi) is 11.5. The fraction of sp³-hybridized carbons (Fsp3) is 0. The van der Waals surface area contributed by atoms with E-state index in [1.165, 1.54) is 0 Å². The molecule has 0 bridgehead atoms. The van der Waals surface area contributed by atoms with Crippen LogP contribution in [0.25, 0.3) is 0 Å². The van der Waals surface area contributed by atoms with Gasteiger partial charge in [0.25, 0.3) is 0 Å².